The van der Waals surface area contributed by atoms with Crippen LogP contribution in [-0.4, -0.2) is 24.7 Å². The summed E-state index contributed by atoms with van der Waals surface area (Å²) in [5.41, 5.74) is 7.76. The number of nitrogens with two attached hydrogens (primary N) is 1. The second-order valence-corrected chi connectivity index (χ2v) is 5.88. The van der Waals surface area contributed by atoms with Crippen molar-refractivity contribution in [3.63, 3.8) is 0 Å². The van der Waals surface area contributed by atoms with Gasteiger partial charge in [0.25, 0.3) is 0 Å². The van der Waals surface area contributed by atoms with Crippen molar-refractivity contribution in [2.45, 2.75) is 39.2 Å². The van der Waals surface area contributed by atoms with Crippen LogP contribution in [0.25, 0.3) is 0 Å². The van der Waals surface area contributed by atoms with E-state index in [1.165, 1.54) is 0 Å². The van der Waals surface area contributed by atoms with Gasteiger partial charge in [-0.25, -0.2) is 0 Å². The van der Waals surface area contributed by atoms with E-state index in [-0.39, 0.29) is 18.1 Å². The number of hydrogen-bond donors (Lipinski definition) is 2. The van der Waals surface area contributed by atoms with E-state index in [0.717, 1.165) is 18.4 Å². The van der Waals surface area contributed by atoms with Crippen LogP contribution in [0.1, 0.15) is 38.3 Å². The molecule has 1 rings (SSSR count). The topological polar surface area (TPSA) is 88.1 Å². The number of benzene rings is 1. The van der Waals surface area contributed by atoms with Crippen LogP contribution in [0.2, 0.25) is 0 Å². The third kappa shape index (κ3) is 6.77. The average Bonchev–Trinajstić information content (AvgIpc) is 2.42. The molecule has 0 atom stereocenters. The summed E-state index contributed by atoms with van der Waals surface area (Å²) in [5.74, 6) is -0.122. The number of carbonyl (C=O) groups is 1. The van der Waals surface area contributed by atoms with Gasteiger partial charge >= 0.3 is 0 Å². The van der Waals surface area contributed by atoms with E-state index in [1.54, 1.807) is 18.2 Å². The molecule has 0 aliphatic heterocycles. The first-order valence-electron chi connectivity index (χ1n) is 7.01. The summed E-state index contributed by atoms with van der Waals surface area (Å²) in [6.45, 7) is 6.35. The molecule has 21 heavy (non-hydrogen) atoms. The number of hydrogen-bond acceptors (Lipinski definition) is 4. The Balaban J connectivity index is 2.31. The summed E-state index contributed by atoms with van der Waals surface area (Å²) in [7, 11) is 0. The number of nitrogens with one attached hydrogen (secondary N) is 1. The smallest absolute Gasteiger partial charge is 0.246 e. The fourth-order valence-electron chi connectivity index (χ4n) is 1.73. The van der Waals surface area contributed by atoms with E-state index in [4.69, 9.17) is 15.7 Å². The van der Waals surface area contributed by atoms with Crippen LogP contribution in [0.3, 0.4) is 0 Å². The van der Waals surface area contributed by atoms with Crippen molar-refractivity contribution in [3.05, 3.63) is 29.3 Å². The number of rotatable bonds is 6. The van der Waals surface area contributed by atoms with Crippen LogP contribution in [0, 0.1) is 11.3 Å². The lowest BCUT2D eigenvalue weighted by Gasteiger charge is -2.19. The molecular weight excluding hydrogens is 266 g/mol. The van der Waals surface area contributed by atoms with Gasteiger partial charge in [-0.15, -0.1) is 0 Å². The minimum absolute atomic E-state index is 0.0650. The molecule has 0 saturated carbocycles. The second kappa shape index (κ2) is 7.65. The number of amides is 1. The predicted octanol–water partition coefficient (Wildman–Crippen LogP) is 2.00. The highest BCUT2D eigenvalue weighted by molar-refractivity contribution is 5.77. The molecule has 0 saturated heterocycles. The summed E-state index contributed by atoms with van der Waals surface area (Å²) in [5, 5.41) is 11.7. The van der Waals surface area contributed by atoms with Crippen LogP contribution >= 0.6 is 0 Å². The summed E-state index contributed by atoms with van der Waals surface area (Å²) in [6.07, 6.45) is 1.49. The molecule has 1 aromatic carbocycles. The first-order valence-corrected chi connectivity index (χ1v) is 7.01. The van der Waals surface area contributed by atoms with Crippen LogP contribution in [0.4, 0.5) is 5.69 Å². The molecule has 0 unspecified atom stereocenters. The third-order valence-corrected chi connectivity index (χ3v) is 2.85. The monoisotopic (exact) mass is 289 g/mol. The molecule has 0 spiro atoms. The summed E-state index contributed by atoms with van der Waals surface area (Å²) >= 11 is 0. The fraction of sp³-hybridized carbons (Fsp3) is 0.500. The highest BCUT2D eigenvalue weighted by atomic mass is 16.5. The lowest BCUT2D eigenvalue weighted by molar-refractivity contribution is -0.130. The quantitative estimate of drug-likeness (QED) is 0.619. The molecule has 0 aromatic heterocycles. The Kier molecular flexibility index (Phi) is 6.19. The normalized spacial score (nSPS) is 11.0. The minimum atomic E-state index is -0.316. The van der Waals surface area contributed by atoms with Crippen LogP contribution in [-0.2, 0) is 16.0 Å². The molecule has 1 amide bonds. The van der Waals surface area contributed by atoms with E-state index in [9.17, 15) is 4.79 Å². The van der Waals surface area contributed by atoms with Crippen molar-refractivity contribution >= 4 is 11.6 Å². The molecular formula is C16H23N3O2. The zero-order chi connectivity index (χ0) is 15.9. The molecule has 1 aromatic rings. The first-order chi connectivity index (χ1) is 9.81. The van der Waals surface area contributed by atoms with Crippen molar-refractivity contribution < 1.29 is 9.53 Å². The number of nitrogens with zero attached hydrogens (tertiary/aromatic N) is 1. The first kappa shape index (κ1) is 17.0. The van der Waals surface area contributed by atoms with E-state index in [2.05, 4.69) is 11.4 Å². The van der Waals surface area contributed by atoms with Gasteiger partial charge in [-0.1, -0.05) is 0 Å². The maximum Gasteiger partial charge on any atom is 0.246 e. The molecule has 5 nitrogen and oxygen atoms in total. The van der Waals surface area contributed by atoms with Gasteiger partial charge in [0.2, 0.25) is 5.91 Å². The van der Waals surface area contributed by atoms with Crippen LogP contribution < -0.4 is 11.1 Å². The van der Waals surface area contributed by atoms with Crippen LogP contribution in [0.15, 0.2) is 18.2 Å². The van der Waals surface area contributed by atoms with Crippen molar-refractivity contribution in [3.8, 4) is 6.07 Å². The highest BCUT2D eigenvalue weighted by Crippen LogP contribution is 2.15. The largest absolute Gasteiger partial charge is 0.399 e. The van der Waals surface area contributed by atoms with Gasteiger partial charge in [-0.05, 0) is 57.4 Å². The molecule has 0 aliphatic carbocycles. The van der Waals surface area contributed by atoms with Gasteiger partial charge in [0, 0.05) is 12.2 Å². The Hall–Kier alpha value is -2.06. The molecule has 0 fully saturated rings. The number of nitrogen functional groups attached to an aromatic ring is 1. The molecule has 0 radical (unpaired) electrons. The standard InChI is InChI=1S/C16H23N3O2/c1-16(2,3)21-11-15(20)19-8-4-5-13-9-12(10-17)6-7-14(13)18/h6-7,9H,4-5,8,11,18H2,1-3H3,(H,19,20). The third-order valence-electron chi connectivity index (χ3n) is 2.85. The fourth-order valence-corrected chi connectivity index (χ4v) is 1.73. The summed E-state index contributed by atoms with van der Waals surface area (Å²) < 4.78 is 5.39. The van der Waals surface area contributed by atoms with Crippen molar-refractivity contribution in [2.75, 3.05) is 18.9 Å². The summed E-state index contributed by atoms with van der Waals surface area (Å²) in [4.78, 5) is 11.6. The number of carbonyl (C=O) groups excluding carboxylic acids is 1. The van der Waals surface area contributed by atoms with Crippen molar-refractivity contribution in [1.29, 1.82) is 5.26 Å². The van der Waals surface area contributed by atoms with E-state index in [0.29, 0.717) is 17.8 Å². The predicted molar refractivity (Wildman–Crippen MR) is 82.6 cm³/mol. The number of nitriles is 1. The van der Waals surface area contributed by atoms with E-state index >= 15 is 0 Å². The number of aryl methyl sites for hydroxylation is 1. The van der Waals surface area contributed by atoms with Gasteiger partial charge in [-0.3, -0.25) is 4.79 Å². The zero-order valence-corrected chi connectivity index (χ0v) is 12.9. The zero-order valence-electron chi connectivity index (χ0n) is 12.9. The van der Waals surface area contributed by atoms with Gasteiger partial charge in [0.15, 0.2) is 0 Å². The molecule has 5 heteroatoms. The van der Waals surface area contributed by atoms with Gasteiger partial charge in [0.1, 0.15) is 6.61 Å². The Morgan fingerprint density at radius 3 is 2.76 bits per heavy atom. The Bertz CT molecular complexity index is 527. The summed E-state index contributed by atoms with van der Waals surface area (Å²) in [6, 6.07) is 7.32. The van der Waals surface area contributed by atoms with Crippen LogP contribution in [0.5, 0.6) is 0 Å². The highest BCUT2D eigenvalue weighted by Gasteiger charge is 2.12. The Labute approximate surface area is 126 Å². The van der Waals surface area contributed by atoms with Gasteiger partial charge < -0.3 is 15.8 Å². The molecule has 0 bridgehead atoms. The molecule has 114 valence electrons. The van der Waals surface area contributed by atoms with Crippen molar-refractivity contribution in [1.82, 2.24) is 5.32 Å². The molecule has 0 heterocycles. The van der Waals surface area contributed by atoms with Gasteiger partial charge in [-0.2, -0.15) is 5.26 Å². The Morgan fingerprint density at radius 1 is 1.43 bits per heavy atom. The number of anilines is 1. The maximum absolute atomic E-state index is 11.6. The van der Waals surface area contributed by atoms with Crippen molar-refractivity contribution in [2.24, 2.45) is 0 Å². The molecule has 3 N–H and O–H groups in total. The van der Waals surface area contributed by atoms with E-state index in [1.807, 2.05) is 20.8 Å². The lowest BCUT2D eigenvalue weighted by Crippen LogP contribution is -2.32. The average molecular weight is 289 g/mol. The van der Waals surface area contributed by atoms with Gasteiger partial charge in [0.05, 0.1) is 17.2 Å². The maximum atomic E-state index is 11.6. The SMILES string of the molecule is CC(C)(C)OCC(=O)NCCCc1cc(C#N)ccc1N. The minimum Gasteiger partial charge on any atom is -0.399 e. The Morgan fingerprint density at radius 2 is 2.14 bits per heavy atom. The molecule has 0 aliphatic rings. The number of ether oxygens (including phenoxy) is 1. The lowest BCUT2D eigenvalue weighted by atomic mass is 10.0. The second-order valence-electron chi connectivity index (χ2n) is 5.88. The van der Waals surface area contributed by atoms with E-state index < -0.39 is 0 Å².